The average Bonchev–Trinajstić information content (AvgIpc) is 2.27. The topological polar surface area (TPSA) is 46.5 Å². The highest BCUT2D eigenvalue weighted by molar-refractivity contribution is 6.71. The molecule has 0 fully saturated rings. The van der Waals surface area contributed by atoms with E-state index in [0.29, 0.717) is 5.56 Å². The van der Waals surface area contributed by atoms with Gasteiger partial charge in [-0.2, -0.15) is 0 Å². The van der Waals surface area contributed by atoms with E-state index in [4.69, 9.17) is 9.53 Å². The zero-order valence-corrected chi connectivity index (χ0v) is 11.7. The SMILES string of the molecule is CCO[Si](C)(C)CCc1ccc(C(=O)O)cc1. The first-order valence-electron chi connectivity index (χ1n) is 5.91. The zero-order chi connectivity index (χ0) is 12.9. The average molecular weight is 252 g/mol. The summed E-state index contributed by atoms with van der Waals surface area (Å²) in [7, 11) is -1.54. The van der Waals surface area contributed by atoms with E-state index in [-0.39, 0.29) is 0 Å². The Kier molecular flexibility index (Phi) is 4.90. The van der Waals surface area contributed by atoms with E-state index >= 15 is 0 Å². The summed E-state index contributed by atoms with van der Waals surface area (Å²) >= 11 is 0. The molecule has 1 N–H and O–H groups in total. The summed E-state index contributed by atoms with van der Waals surface area (Å²) in [5.74, 6) is -0.874. The highest BCUT2D eigenvalue weighted by Gasteiger charge is 2.21. The summed E-state index contributed by atoms with van der Waals surface area (Å²) in [4.78, 5) is 10.7. The van der Waals surface area contributed by atoms with Crippen LogP contribution in [0.15, 0.2) is 24.3 Å². The Bertz CT molecular complexity index is 371. The molecule has 0 atom stereocenters. The van der Waals surface area contributed by atoms with Crippen LogP contribution in [-0.4, -0.2) is 26.0 Å². The second-order valence-corrected chi connectivity index (χ2v) is 9.00. The third-order valence-corrected chi connectivity index (χ3v) is 5.28. The molecule has 0 heterocycles. The fourth-order valence-corrected chi connectivity index (χ4v) is 3.54. The van der Waals surface area contributed by atoms with Crippen LogP contribution in [-0.2, 0) is 10.8 Å². The van der Waals surface area contributed by atoms with Gasteiger partial charge in [0.1, 0.15) is 0 Å². The summed E-state index contributed by atoms with van der Waals surface area (Å²) in [5, 5.41) is 8.79. The molecule has 0 aliphatic rings. The number of carbonyl (C=O) groups is 1. The predicted molar refractivity (Wildman–Crippen MR) is 71.0 cm³/mol. The highest BCUT2D eigenvalue weighted by Crippen LogP contribution is 2.16. The standard InChI is InChI=1S/C13H20O3Si/c1-4-16-17(2,3)10-9-11-5-7-12(8-6-11)13(14)15/h5-8H,4,9-10H2,1-3H3,(H,14,15). The van der Waals surface area contributed by atoms with Crippen LogP contribution in [0.1, 0.15) is 22.8 Å². The van der Waals surface area contributed by atoms with E-state index in [1.165, 1.54) is 5.56 Å². The van der Waals surface area contributed by atoms with Gasteiger partial charge in [0, 0.05) is 6.61 Å². The Morgan fingerprint density at radius 2 is 1.88 bits per heavy atom. The minimum Gasteiger partial charge on any atom is -0.478 e. The maximum atomic E-state index is 10.7. The summed E-state index contributed by atoms with van der Waals surface area (Å²) in [6.45, 7) is 7.22. The van der Waals surface area contributed by atoms with Gasteiger partial charge in [0.25, 0.3) is 0 Å². The lowest BCUT2D eigenvalue weighted by Crippen LogP contribution is -2.30. The van der Waals surface area contributed by atoms with Crippen molar-refractivity contribution in [1.82, 2.24) is 0 Å². The van der Waals surface area contributed by atoms with Crippen molar-refractivity contribution in [2.45, 2.75) is 32.5 Å². The highest BCUT2D eigenvalue weighted by atomic mass is 28.4. The molecule has 0 amide bonds. The fourth-order valence-electron chi connectivity index (χ4n) is 1.72. The molecular formula is C13H20O3Si. The van der Waals surface area contributed by atoms with E-state index < -0.39 is 14.3 Å². The Morgan fingerprint density at radius 3 is 2.35 bits per heavy atom. The van der Waals surface area contributed by atoms with Crippen LogP contribution in [0.4, 0.5) is 0 Å². The van der Waals surface area contributed by atoms with Crippen LogP contribution >= 0.6 is 0 Å². The van der Waals surface area contributed by atoms with E-state index in [0.717, 1.165) is 19.1 Å². The summed E-state index contributed by atoms with van der Waals surface area (Å²) < 4.78 is 5.76. The first kappa shape index (κ1) is 13.9. The minimum absolute atomic E-state index is 0.343. The van der Waals surface area contributed by atoms with Gasteiger partial charge in [-0.3, -0.25) is 0 Å². The molecule has 0 radical (unpaired) electrons. The third-order valence-electron chi connectivity index (χ3n) is 2.75. The van der Waals surface area contributed by atoms with Crippen molar-refractivity contribution in [3.63, 3.8) is 0 Å². The molecule has 0 saturated heterocycles. The molecule has 0 aromatic heterocycles. The van der Waals surface area contributed by atoms with Crippen molar-refractivity contribution in [3.8, 4) is 0 Å². The molecule has 94 valence electrons. The van der Waals surface area contributed by atoms with E-state index in [2.05, 4.69) is 13.1 Å². The molecule has 1 aromatic rings. The largest absolute Gasteiger partial charge is 0.478 e. The zero-order valence-electron chi connectivity index (χ0n) is 10.7. The van der Waals surface area contributed by atoms with Crippen molar-refractivity contribution in [2.75, 3.05) is 6.61 Å². The normalized spacial score (nSPS) is 11.5. The van der Waals surface area contributed by atoms with Crippen LogP contribution in [0.25, 0.3) is 0 Å². The molecule has 1 rings (SSSR count). The molecule has 0 saturated carbocycles. The van der Waals surface area contributed by atoms with Gasteiger partial charge in [-0.05, 0) is 50.2 Å². The Balaban J connectivity index is 2.55. The number of hydrogen-bond donors (Lipinski definition) is 1. The first-order valence-corrected chi connectivity index (χ1v) is 9.02. The molecule has 0 spiro atoms. The number of benzene rings is 1. The van der Waals surface area contributed by atoms with Crippen molar-refractivity contribution in [2.24, 2.45) is 0 Å². The van der Waals surface area contributed by atoms with Crippen LogP contribution in [0.2, 0.25) is 19.1 Å². The van der Waals surface area contributed by atoms with Crippen LogP contribution in [0.5, 0.6) is 0 Å². The Hall–Kier alpha value is -1.13. The van der Waals surface area contributed by atoms with Crippen LogP contribution in [0, 0.1) is 0 Å². The predicted octanol–water partition coefficient (Wildman–Crippen LogP) is 3.17. The second kappa shape index (κ2) is 5.98. The lowest BCUT2D eigenvalue weighted by atomic mass is 10.1. The van der Waals surface area contributed by atoms with E-state index in [1.807, 2.05) is 19.1 Å². The molecule has 17 heavy (non-hydrogen) atoms. The number of rotatable bonds is 6. The number of carboxylic acid groups (broad SMARTS) is 1. The third kappa shape index (κ3) is 4.71. The van der Waals surface area contributed by atoms with Crippen LogP contribution in [0.3, 0.4) is 0 Å². The number of carboxylic acids is 1. The molecular weight excluding hydrogens is 232 g/mol. The van der Waals surface area contributed by atoms with Gasteiger partial charge in [-0.1, -0.05) is 12.1 Å². The van der Waals surface area contributed by atoms with E-state index in [1.54, 1.807) is 12.1 Å². The van der Waals surface area contributed by atoms with Gasteiger partial charge in [0.2, 0.25) is 0 Å². The summed E-state index contributed by atoms with van der Waals surface area (Å²) in [5.41, 5.74) is 1.52. The number of hydrogen-bond acceptors (Lipinski definition) is 2. The van der Waals surface area contributed by atoms with Crippen molar-refractivity contribution in [1.29, 1.82) is 0 Å². The smallest absolute Gasteiger partial charge is 0.335 e. The van der Waals surface area contributed by atoms with Crippen molar-refractivity contribution >= 4 is 14.3 Å². The molecule has 0 aliphatic carbocycles. The first-order chi connectivity index (χ1) is 7.94. The van der Waals surface area contributed by atoms with E-state index in [9.17, 15) is 4.79 Å². The van der Waals surface area contributed by atoms with Gasteiger partial charge in [0.05, 0.1) is 5.56 Å². The van der Waals surface area contributed by atoms with Crippen LogP contribution < -0.4 is 0 Å². The van der Waals surface area contributed by atoms with Crippen molar-refractivity contribution < 1.29 is 14.3 Å². The lowest BCUT2D eigenvalue weighted by molar-refractivity contribution is 0.0697. The van der Waals surface area contributed by atoms with Gasteiger partial charge < -0.3 is 9.53 Å². The quantitative estimate of drug-likeness (QED) is 0.791. The monoisotopic (exact) mass is 252 g/mol. The van der Waals surface area contributed by atoms with Gasteiger partial charge in [-0.15, -0.1) is 0 Å². The molecule has 0 aliphatic heterocycles. The van der Waals surface area contributed by atoms with Gasteiger partial charge >= 0.3 is 5.97 Å². The summed E-state index contributed by atoms with van der Waals surface area (Å²) in [6, 6.07) is 8.16. The van der Waals surface area contributed by atoms with Gasteiger partial charge in [-0.25, -0.2) is 4.79 Å². The lowest BCUT2D eigenvalue weighted by Gasteiger charge is -2.21. The Labute approximate surface area is 104 Å². The minimum atomic E-state index is -1.54. The molecule has 3 nitrogen and oxygen atoms in total. The number of aromatic carboxylic acids is 1. The molecule has 4 heteroatoms. The van der Waals surface area contributed by atoms with Gasteiger partial charge in [0.15, 0.2) is 8.32 Å². The number of aryl methyl sites for hydroxylation is 1. The molecule has 0 unspecified atom stereocenters. The fraction of sp³-hybridized carbons (Fsp3) is 0.462. The second-order valence-electron chi connectivity index (χ2n) is 4.69. The van der Waals surface area contributed by atoms with Crippen molar-refractivity contribution in [3.05, 3.63) is 35.4 Å². The molecule has 1 aromatic carbocycles. The summed E-state index contributed by atoms with van der Waals surface area (Å²) in [6.07, 6.45) is 0.957. The Morgan fingerprint density at radius 1 is 1.29 bits per heavy atom. The molecule has 0 bridgehead atoms. The maximum Gasteiger partial charge on any atom is 0.335 e. The maximum absolute atomic E-state index is 10.7.